The number of fused-ring (bicyclic) bond motifs is 2. The number of hydrogen-bond donors (Lipinski definition) is 0. The first kappa shape index (κ1) is 10.8. The standard InChI is InChI=1S/C12H21BSe/c1-2-14-10-9-13-11-5-3-6-12(13)8-4-7-11/h9-12H,2-8H2,1H3/b10-9+. The van der Waals surface area contributed by atoms with Crippen LogP contribution in [0, 0.1) is 0 Å². The summed E-state index contributed by atoms with van der Waals surface area (Å²) in [7, 11) is 0. The van der Waals surface area contributed by atoms with E-state index in [0.717, 1.165) is 33.3 Å². The molecule has 0 nitrogen and oxygen atoms in total. The van der Waals surface area contributed by atoms with E-state index in [-0.39, 0.29) is 0 Å². The molecule has 0 amide bonds. The summed E-state index contributed by atoms with van der Waals surface area (Å²) < 4.78 is 0. The van der Waals surface area contributed by atoms with Crippen molar-refractivity contribution in [1.82, 2.24) is 0 Å². The van der Waals surface area contributed by atoms with Gasteiger partial charge in [-0.15, -0.1) is 0 Å². The fourth-order valence-electron chi connectivity index (χ4n) is 3.28. The molecule has 2 aliphatic heterocycles. The molecule has 0 aliphatic carbocycles. The van der Waals surface area contributed by atoms with E-state index in [4.69, 9.17) is 0 Å². The Balaban J connectivity index is 1.94. The van der Waals surface area contributed by atoms with Gasteiger partial charge in [0.05, 0.1) is 0 Å². The first-order valence-corrected chi connectivity index (χ1v) is 8.40. The molecule has 0 radical (unpaired) electrons. The van der Waals surface area contributed by atoms with Gasteiger partial charge in [0.15, 0.2) is 0 Å². The van der Waals surface area contributed by atoms with E-state index in [1.807, 2.05) is 0 Å². The third-order valence-corrected chi connectivity index (χ3v) is 5.38. The second-order valence-corrected chi connectivity index (χ2v) is 7.22. The predicted molar refractivity (Wildman–Crippen MR) is 66.3 cm³/mol. The average Bonchev–Trinajstić information content (AvgIpc) is 2.17. The molecule has 0 aromatic rings. The third-order valence-electron chi connectivity index (χ3n) is 3.95. The van der Waals surface area contributed by atoms with Crippen LogP contribution >= 0.6 is 0 Å². The molecule has 2 fully saturated rings. The third kappa shape index (κ3) is 2.46. The van der Waals surface area contributed by atoms with E-state index in [1.54, 1.807) is 0 Å². The first-order valence-electron chi connectivity index (χ1n) is 6.20. The summed E-state index contributed by atoms with van der Waals surface area (Å²) in [6, 6.07) is 0. The minimum atomic E-state index is 0.783. The molecular formula is C12H21BSe. The zero-order valence-corrected chi connectivity index (χ0v) is 11.0. The number of rotatable bonds is 3. The van der Waals surface area contributed by atoms with Crippen LogP contribution in [0.1, 0.15) is 45.4 Å². The van der Waals surface area contributed by atoms with Crippen LogP contribution in [0.3, 0.4) is 0 Å². The number of hydrogen-bond acceptors (Lipinski definition) is 0. The molecule has 2 aliphatic rings. The Bertz CT molecular complexity index is 180. The molecule has 0 N–H and O–H groups in total. The summed E-state index contributed by atoms with van der Waals surface area (Å²) in [5.74, 6) is 4.72. The van der Waals surface area contributed by atoms with Crippen molar-refractivity contribution in [2.75, 3.05) is 0 Å². The van der Waals surface area contributed by atoms with Crippen LogP contribution < -0.4 is 0 Å². The van der Waals surface area contributed by atoms with Crippen molar-refractivity contribution >= 4 is 21.7 Å². The molecule has 78 valence electrons. The zero-order valence-electron chi connectivity index (χ0n) is 9.24. The van der Waals surface area contributed by atoms with E-state index < -0.39 is 0 Å². The van der Waals surface area contributed by atoms with E-state index in [1.165, 1.54) is 43.8 Å². The van der Waals surface area contributed by atoms with E-state index in [9.17, 15) is 0 Å². The summed E-state index contributed by atoms with van der Waals surface area (Å²) >= 11 is 0.783. The maximum absolute atomic E-state index is 2.59. The van der Waals surface area contributed by atoms with Crippen LogP contribution in [-0.4, -0.2) is 21.7 Å². The van der Waals surface area contributed by atoms with E-state index >= 15 is 0 Å². The van der Waals surface area contributed by atoms with E-state index in [2.05, 4.69) is 17.9 Å². The van der Waals surface area contributed by atoms with Gasteiger partial charge in [0, 0.05) is 0 Å². The summed E-state index contributed by atoms with van der Waals surface area (Å²) in [5, 5.41) is 1.37. The summed E-state index contributed by atoms with van der Waals surface area (Å²) in [6.45, 7) is 3.28. The Morgan fingerprint density at radius 1 is 1.14 bits per heavy atom. The zero-order chi connectivity index (χ0) is 9.80. The molecule has 2 rings (SSSR count). The Morgan fingerprint density at radius 2 is 1.71 bits per heavy atom. The van der Waals surface area contributed by atoms with Crippen molar-refractivity contribution in [3.8, 4) is 0 Å². The van der Waals surface area contributed by atoms with Gasteiger partial charge in [0.25, 0.3) is 0 Å². The molecule has 2 heteroatoms. The summed E-state index contributed by atoms with van der Waals surface area (Å²) in [6.07, 6.45) is 9.10. The minimum absolute atomic E-state index is 0.783. The van der Waals surface area contributed by atoms with Crippen molar-refractivity contribution in [2.45, 2.75) is 62.4 Å². The Morgan fingerprint density at radius 3 is 2.21 bits per heavy atom. The van der Waals surface area contributed by atoms with Crippen molar-refractivity contribution in [3.63, 3.8) is 0 Å². The molecule has 2 heterocycles. The van der Waals surface area contributed by atoms with Gasteiger partial charge in [-0.1, -0.05) is 0 Å². The van der Waals surface area contributed by atoms with Crippen LogP contribution in [0.5, 0.6) is 0 Å². The maximum atomic E-state index is 2.59. The molecular weight excluding hydrogens is 234 g/mol. The van der Waals surface area contributed by atoms with Crippen LogP contribution in [0.4, 0.5) is 0 Å². The van der Waals surface area contributed by atoms with Gasteiger partial charge < -0.3 is 0 Å². The topological polar surface area (TPSA) is 0 Å². The van der Waals surface area contributed by atoms with Crippen molar-refractivity contribution in [1.29, 1.82) is 0 Å². The first-order chi connectivity index (χ1) is 6.92. The average molecular weight is 255 g/mol. The second-order valence-electron chi connectivity index (χ2n) is 4.74. The van der Waals surface area contributed by atoms with Gasteiger partial charge in [-0.05, 0) is 0 Å². The van der Waals surface area contributed by atoms with Gasteiger partial charge >= 0.3 is 95.0 Å². The Labute approximate surface area is 95.2 Å². The van der Waals surface area contributed by atoms with Crippen molar-refractivity contribution in [2.24, 2.45) is 0 Å². The molecule has 0 unspecified atom stereocenters. The van der Waals surface area contributed by atoms with Crippen molar-refractivity contribution < 1.29 is 0 Å². The molecule has 2 saturated heterocycles. The molecule has 0 atom stereocenters. The predicted octanol–water partition coefficient (Wildman–Crippen LogP) is 3.78. The normalized spacial score (nSPS) is 32.5. The van der Waals surface area contributed by atoms with Crippen LogP contribution in [-0.2, 0) is 0 Å². The molecule has 0 spiro atoms. The molecule has 0 saturated carbocycles. The quantitative estimate of drug-likeness (QED) is 0.673. The Kier molecular flexibility index (Phi) is 4.19. The fraction of sp³-hybridized carbons (Fsp3) is 0.833. The monoisotopic (exact) mass is 256 g/mol. The SMILES string of the molecule is CC[Se]/C=C/B1C2CCCC1CCC2. The van der Waals surface area contributed by atoms with Gasteiger partial charge in [-0.25, -0.2) is 0 Å². The van der Waals surface area contributed by atoms with Gasteiger partial charge in [-0.3, -0.25) is 0 Å². The second kappa shape index (κ2) is 5.42. The molecule has 2 bridgehead atoms. The summed E-state index contributed by atoms with van der Waals surface area (Å²) in [5.41, 5.74) is 0. The van der Waals surface area contributed by atoms with Crippen LogP contribution in [0.25, 0.3) is 0 Å². The van der Waals surface area contributed by atoms with Gasteiger partial charge in [0.1, 0.15) is 0 Å². The van der Waals surface area contributed by atoms with Crippen LogP contribution in [0.15, 0.2) is 10.9 Å². The van der Waals surface area contributed by atoms with Gasteiger partial charge in [0.2, 0.25) is 0 Å². The molecule has 0 aromatic heterocycles. The Hall–Kier alpha value is 0.324. The fourth-order valence-corrected chi connectivity index (χ4v) is 4.30. The van der Waals surface area contributed by atoms with Crippen LogP contribution in [0.2, 0.25) is 17.0 Å². The van der Waals surface area contributed by atoms with Gasteiger partial charge in [-0.2, -0.15) is 0 Å². The summed E-state index contributed by atoms with van der Waals surface area (Å²) in [4.78, 5) is 2.51. The molecule has 0 aromatic carbocycles. The van der Waals surface area contributed by atoms with Crippen molar-refractivity contribution in [3.05, 3.63) is 10.9 Å². The molecule has 14 heavy (non-hydrogen) atoms. The van der Waals surface area contributed by atoms with E-state index in [0.29, 0.717) is 0 Å².